The van der Waals surface area contributed by atoms with Gasteiger partial charge in [-0.15, -0.1) is 0 Å². The van der Waals surface area contributed by atoms with Crippen molar-refractivity contribution in [3.05, 3.63) is 135 Å². The van der Waals surface area contributed by atoms with E-state index in [1.807, 2.05) is 60.7 Å². The molecule has 0 aliphatic carbocycles. The van der Waals surface area contributed by atoms with Crippen LogP contribution in [0.1, 0.15) is 27.0 Å². The summed E-state index contributed by atoms with van der Waals surface area (Å²) in [4.78, 5) is 36.4. The van der Waals surface area contributed by atoms with Crippen molar-refractivity contribution in [2.75, 3.05) is 12.9 Å². The van der Waals surface area contributed by atoms with Crippen LogP contribution in [0.15, 0.2) is 108 Å². The molecule has 2 N–H and O–H groups in total. The van der Waals surface area contributed by atoms with Crippen LogP contribution >= 0.6 is 11.8 Å². The van der Waals surface area contributed by atoms with Crippen molar-refractivity contribution in [2.45, 2.75) is 18.4 Å². The van der Waals surface area contributed by atoms with Gasteiger partial charge in [0.05, 0.1) is 18.2 Å². The van der Waals surface area contributed by atoms with E-state index in [4.69, 9.17) is 9.47 Å². The molecule has 0 spiro atoms. The third-order valence-corrected chi connectivity index (χ3v) is 7.28. The standard InChI is InChI=1S/C32H30N4O6S/c1-41-30-18-25(12-17-29(30)42-20-23-8-4-2-5-9-23)19-33-35-32(38)28(22-43-21-24-10-6-3-7-11-24)34-31(37)26-13-15-27(16-14-26)36(39)40/h2-19,28H,20-22H2,1H3,(H,34,37)(H,35,38)/b33-19-/t28-/m0/s1. The number of rotatable bonds is 14. The van der Waals surface area contributed by atoms with Gasteiger partial charge >= 0.3 is 0 Å². The smallest absolute Gasteiger partial charge is 0.269 e. The number of carbonyl (C=O) groups is 2. The number of hydrazone groups is 1. The van der Waals surface area contributed by atoms with Gasteiger partial charge in [0.2, 0.25) is 0 Å². The van der Waals surface area contributed by atoms with E-state index in [1.165, 1.54) is 42.2 Å². The summed E-state index contributed by atoms with van der Waals surface area (Å²) in [6.45, 7) is 0.385. The minimum Gasteiger partial charge on any atom is -0.493 e. The predicted octanol–water partition coefficient (Wildman–Crippen LogP) is 5.36. The predicted molar refractivity (Wildman–Crippen MR) is 166 cm³/mol. The first kappa shape index (κ1) is 30.8. The van der Waals surface area contributed by atoms with Crippen LogP contribution in [0.5, 0.6) is 11.5 Å². The number of thioether (sulfide) groups is 1. The Balaban J connectivity index is 1.39. The minimum atomic E-state index is -0.920. The van der Waals surface area contributed by atoms with Crippen LogP contribution in [0.25, 0.3) is 0 Å². The van der Waals surface area contributed by atoms with Gasteiger partial charge in [-0.25, -0.2) is 5.43 Å². The third-order valence-electron chi connectivity index (χ3n) is 6.17. The Morgan fingerprint density at radius 3 is 2.26 bits per heavy atom. The largest absolute Gasteiger partial charge is 0.493 e. The number of non-ortho nitro benzene ring substituents is 1. The topological polar surface area (TPSA) is 132 Å². The van der Waals surface area contributed by atoms with Gasteiger partial charge < -0.3 is 14.8 Å². The summed E-state index contributed by atoms with van der Waals surface area (Å²) in [5.41, 5.74) is 5.33. The molecular weight excluding hydrogens is 568 g/mol. The second-order valence-electron chi connectivity index (χ2n) is 9.25. The quantitative estimate of drug-likeness (QED) is 0.113. The Bertz CT molecular complexity index is 1550. The van der Waals surface area contributed by atoms with E-state index in [9.17, 15) is 19.7 Å². The van der Waals surface area contributed by atoms with Gasteiger partial charge in [-0.1, -0.05) is 60.7 Å². The number of benzene rings is 4. The highest BCUT2D eigenvalue weighted by Gasteiger charge is 2.22. The molecule has 0 aromatic heterocycles. The van der Waals surface area contributed by atoms with Gasteiger partial charge in [0.25, 0.3) is 17.5 Å². The molecule has 220 valence electrons. The molecule has 0 heterocycles. The van der Waals surface area contributed by atoms with Gasteiger partial charge in [0, 0.05) is 29.2 Å². The van der Waals surface area contributed by atoms with E-state index in [0.717, 1.165) is 11.1 Å². The first-order valence-corrected chi connectivity index (χ1v) is 14.4. The second-order valence-corrected chi connectivity index (χ2v) is 10.3. The Hall–Kier alpha value is -5.16. The Labute approximate surface area is 253 Å². The lowest BCUT2D eigenvalue weighted by Crippen LogP contribution is -2.47. The van der Waals surface area contributed by atoms with E-state index in [0.29, 0.717) is 29.4 Å². The number of hydrogen-bond acceptors (Lipinski definition) is 8. The highest BCUT2D eigenvalue weighted by Crippen LogP contribution is 2.28. The summed E-state index contributed by atoms with van der Waals surface area (Å²) in [7, 11) is 1.54. The average Bonchev–Trinajstić information content (AvgIpc) is 3.04. The summed E-state index contributed by atoms with van der Waals surface area (Å²) in [6.07, 6.45) is 1.47. The SMILES string of the molecule is COc1cc(/C=N\NC(=O)[C@H](CSCc2ccccc2)NC(=O)c2ccc([N+](=O)[O-])cc2)ccc1OCc1ccccc1. The fourth-order valence-corrected chi connectivity index (χ4v) is 4.91. The van der Waals surface area contributed by atoms with Crippen molar-refractivity contribution in [1.82, 2.24) is 10.7 Å². The fourth-order valence-electron chi connectivity index (χ4n) is 3.90. The number of nitrogens with one attached hydrogen (secondary N) is 2. The van der Waals surface area contributed by atoms with Crippen LogP contribution in [-0.2, 0) is 17.2 Å². The van der Waals surface area contributed by atoms with Crippen molar-refractivity contribution in [3.8, 4) is 11.5 Å². The Kier molecular flexibility index (Phi) is 11.3. The second kappa shape index (κ2) is 15.7. The van der Waals surface area contributed by atoms with Gasteiger partial charge in [-0.3, -0.25) is 19.7 Å². The van der Waals surface area contributed by atoms with Crippen LogP contribution < -0.4 is 20.2 Å². The molecule has 0 bridgehead atoms. The molecule has 0 saturated carbocycles. The number of methoxy groups -OCH3 is 1. The normalized spacial score (nSPS) is 11.5. The van der Waals surface area contributed by atoms with E-state index in [-0.39, 0.29) is 17.0 Å². The lowest BCUT2D eigenvalue weighted by atomic mass is 10.2. The van der Waals surface area contributed by atoms with Crippen molar-refractivity contribution >= 4 is 35.5 Å². The molecule has 4 rings (SSSR count). The molecule has 0 unspecified atom stereocenters. The number of ether oxygens (including phenoxy) is 2. The molecule has 11 heteroatoms. The maximum absolute atomic E-state index is 13.1. The van der Waals surface area contributed by atoms with Gasteiger partial charge in [0.15, 0.2) is 11.5 Å². The molecule has 0 fully saturated rings. The van der Waals surface area contributed by atoms with Gasteiger partial charge in [-0.2, -0.15) is 16.9 Å². The number of amides is 2. The van der Waals surface area contributed by atoms with Crippen molar-refractivity contribution in [3.63, 3.8) is 0 Å². The molecular formula is C32H30N4O6S. The Morgan fingerprint density at radius 2 is 1.60 bits per heavy atom. The monoisotopic (exact) mass is 598 g/mol. The molecule has 0 saturated heterocycles. The summed E-state index contributed by atoms with van der Waals surface area (Å²) in [6, 6.07) is 29.0. The van der Waals surface area contributed by atoms with Crippen LogP contribution in [-0.4, -0.2) is 41.9 Å². The summed E-state index contributed by atoms with van der Waals surface area (Å²) < 4.78 is 11.4. The maximum atomic E-state index is 13.1. The maximum Gasteiger partial charge on any atom is 0.269 e. The van der Waals surface area contributed by atoms with E-state index in [2.05, 4.69) is 15.8 Å². The third kappa shape index (κ3) is 9.44. The number of nitro groups is 1. The summed E-state index contributed by atoms with van der Waals surface area (Å²) in [5, 5.41) is 17.7. The molecule has 43 heavy (non-hydrogen) atoms. The fraction of sp³-hybridized carbons (Fsp3) is 0.156. The Morgan fingerprint density at radius 1 is 0.930 bits per heavy atom. The van der Waals surface area contributed by atoms with Crippen molar-refractivity contribution in [2.24, 2.45) is 5.10 Å². The van der Waals surface area contributed by atoms with Crippen molar-refractivity contribution < 1.29 is 24.0 Å². The molecule has 0 aliphatic heterocycles. The number of nitrogens with zero attached hydrogens (tertiary/aromatic N) is 2. The number of nitro benzene ring substituents is 1. The molecule has 10 nitrogen and oxygen atoms in total. The van der Waals surface area contributed by atoms with E-state index >= 15 is 0 Å². The zero-order valence-corrected chi connectivity index (χ0v) is 24.2. The number of hydrogen-bond donors (Lipinski definition) is 2. The zero-order chi connectivity index (χ0) is 30.4. The van der Waals surface area contributed by atoms with E-state index in [1.54, 1.807) is 25.3 Å². The average molecular weight is 599 g/mol. The van der Waals surface area contributed by atoms with Gasteiger partial charge in [-0.05, 0) is 47.0 Å². The van der Waals surface area contributed by atoms with Crippen LogP contribution in [0.3, 0.4) is 0 Å². The molecule has 2 amide bonds. The van der Waals surface area contributed by atoms with E-state index < -0.39 is 22.8 Å². The number of carbonyl (C=O) groups excluding carboxylic acids is 2. The van der Waals surface area contributed by atoms with Crippen LogP contribution in [0.2, 0.25) is 0 Å². The van der Waals surface area contributed by atoms with Gasteiger partial charge in [0.1, 0.15) is 12.6 Å². The van der Waals surface area contributed by atoms with Crippen LogP contribution in [0.4, 0.5) is 5.69 Å². The summed E-state index contributed by atoms with van der Waals surface area (Å²) >= 11 is 1.48. The first-order chi connectivity index (χ1) is 20.9. The van der Waals surface area contributed by atoms with Crippen LogP contribution in [0, 0.1) is 10.1 Å². The first-order valence-electron chi connectivity index (χ1n) is 13.3. The molecule has 0 aliphatic rings. The highest BCUT2D eigenvalue weighted by molar-refractivity contribution is 7.98. The molecule has 0 radical (unpaired) electrons. The zero-order valence-electron chi connectivity index (χ0n) is 23.3. The molecule has 4 aromatic rings. The molecule has 4 aromatic carbocycles. The minimum absolute atomic E-state index is 0.133. The lowest BCUT2D eigenvalue weighted by Gasteiger charge is -2.17. The lowest BCUT2D eigenvalue weighted by molar-refractivity contribution is -0.384. The van der Waals surface area contributed by atoms with Crippen molar-refractivity contribution in [1.29, 1.82) is 0 Å². The highest BCUT2D eigenvalue weighted by atomic mass is 32.2. The summed E-state index contributed by atoms with van der Waals surface area (Å²) in [5.74, 6) is 0.946. The molecule has 1 atom stereocenters.